The van der Waals surface area contributed by atoms with Crippen molar-refractivity contribution < 1.29 is 4.79 Å². The fourth-order valence-corrected chi connectivity index (χ4v) is 3.39. The van der Waals surface area contributed by atoms with Gasteiger partial charge in [0.05, 0.1) is 0 Å². The molecule has 1 aliphatic heterocycles. The summed E-state index contributed by atoms with van der Waals surface area (Å²) in [6, 6.07) is 9.10. The normalized spacial score (nSPS) is 18.3. The Morgan fingerprint density at radius 3 is 3.06 bits per heavy atom. The van der Waals surface area contributed by atoms with E-state index in [0.29, 0.717) is 12.5 Å². The summed E-state index contributed by atoms with van der Waals surface area (Å²) in [6.45, 7) is 0.951. The highest BCUT2D eigenvalue weighted by molar-refractivity contribution is 7.98. The molecule has 0 aliphatic carbocycles. The van der Waals surface area contributed by atoms with Gasteiger partial charge in [0.2, 0.25) is 5.91 Å². The van der Waals surface area contributed by atoms with Crippen molar-refractivity contribution >= 4 is 17.7 Å². The fourth-order valence-electron chi connectivity index (χ4n) is 2.25. The van der Waals surface area contributed by atoms with Crippen LogP contribution in [0.3, 0.4) is 0 Å². The summed E-state index contributed by atoms with van der Waals surface area (Å²) in [5.41, 5.74) is 8.00. The van der Waals surface area contributed by atoms with E-state index in [-0.39, 0.29) is 5.91 Å². The molecule has 0 spiro atoms. The van der Waals surface area contributed by atoms with Crippen molar-refractivity contribution in [2.75, 3.05) is 12.3 Å². The third kappa shape index (κ3) is 3.75. The first kappa shape index (κ1) is 13.4. The molecule has 1 heterocycles. The number of hydrogen-bond acceptors (Lipinski definition) is 3. The average Bonchev–Trinajstić information content (AvgIpc) is 2.38. The molecule has 3 N–H and O–H groups in total. The Bertz CT molecular complexity index is 409. The zero-order valence-corrected chi connectivity index (χ0v) is 11.3. The van der Waals surface area contributed by atoms with Crippen LogP contribution < -0.4 is 11.1 Å². The minimum Gasteiger partial charge on any atom is -0.370 e. The Balaban J connectivity index is 1.79. The SMILES string of the molecule is NC(=O)CCCCNC1CSCc2ccccc21. The molecule has 1 unspecified atom stereocenters. The van der Waals surface area contributed by atoms with Gasteiger partial charge in [-0.15, -0.1) is 0 Å². The molecular weight excluding hydrogens is 244 g/mol. The molecule has 4 heteroatoms. The number of benzene rings is 1. The second kappa shape index (κ2) is 6.81. The molecule has 3 nitrogen and oxygen atoms in total. The molecule has 0 fully saturated rings. The van der Waals surface area contributed by atoms with E-state index < -0.39 is 0 Å². The molecule has 1 atom stereocenters. The Morgan fingerprint density at radius 1 is 1.39 bits per heavy atom. The van der Waals surface area contributed by atoms with Gasteiger partial charge in [-0.1, -0.05) is 24.3 Å². The molecular formula is C14H20N2OS. The van der Waals surface area contributed by atoms with Crippen molar-refractivity contribution in [3.63, 3.8) is 0 Å². The minimum absolute atomic E-state index is 0.200. The second-order valence-electron chi connectivity index (χ2n) is 4.64. The molecule has 98 valence electrons. The van der Waals surface area contributed by atoms with Crippen molar-refractivity contribution in [1.82, 2.24) is 5.32 Å². The molecule has 1 aromatic rings. The fraction of sp³-hybridized carbons (Fsp3) is 0.500. The third-order valence-corrected chi connectivity index (χ3v) is 4.30. The molecule has 0 saturated carbocycles. The zero-order valence-electron chi connectivity index (χ0n) is 10.5. The van der Waals surface area contributed by atoms with E-state index in [0.717, 1.165) is 30.9 Å². The van der Waals surface area contributed by atoms with Crippen molar-refractivity contribution in [3.8, 4) is 0 Å². The van der Waals surface area contributed by atoms with Gasteiger partial charge in [-0.05, 0) is 30.5 Å². The molecule has 0 bridgehead atoms. The van der Waals surface area contributed by atoms with Crippen LogP contribution in [0, 0.1) is 0 Å². The highest BCUT2D eigenvalue weighted by Crippen LogP contribution is 2.31. The van der Waals surface area contributed by atoms with Gasteiger partial charge in [0.1, 0.15) is 0 Å². The van der Waals surface area contributed by atoms with Gasteiger partial charge in [-0.2, -0.15) is 11.8 Å². The maximum atomic E-state index is 10.6. The van der Waals surface area contributed by atoms with Crippen LogP contribution in [0.5, 0.6) is 0 Å². The number of nitrogens with one attached hydrogen (secondary N) is 1. The van der Waals surface area contributed by atoms with Crippen LogP contribution in [0.4, 0.5) is 0 Å². The molecule has 1 aromatic carbocycles. The number of primary amides is 1. The van der Waals surface area contributed by atoms with Crippen LogP contribution in [0.2, 0.25) is 0 Å². The molecule has 0 aromatic heterocycles. The van der Waals surface area contributed by atoms with E-state index >= 15 is 0 Å². The van der Waals surface area contributed by atoms with Crippen LogP contribution in [-0.2, 0) is 10.5 Å². The lowest BCUT2D eigenvalue weighted by molar-refractivity contribution is -0.118. The lowest BCUT2D eigenvalue weighted by atomic mass is 10.0. The molecule has 18 heavy (non-hydrogen) atoms. The molecule has 1 aliphatic rings. The van der Waals surface area contributed by atoms with E-state index in [9.17, 15) is 4.79 Å². The molecule has 2 rings (SSSR count). The predicted octanol–water partition coefficient (Wildman–Crippen LogP) is 2.22. The van der Waals surface area contributed by atoms with Crippen molar-refractivity contribution in [2.24, 2.45) is 5.73 Å². The van der Waals surface area contributed by atoms with Crippen molar-refractivity contribution in [2.45, 2.75) is 31.1 Å². The number of rotatable bonds is 6. The van der Waals surface area contributed by atoms with Gasteiger partial charge in [-0.25, -0.2) is 0 Å². The van der Waals surface area contributed by atoms with Gasteiger partial charge >= 0.3 is 0 Å². The third-order valence-electron chi connectivity index (χ3n) is 3.21. The Hall–Kier alpha value is -1.00. The maximum absolute atomic E-state index is 10.6. The summed E-state index contributed by atoms with van der Waals surface area (Å²) in [5, 5.41) is 3.58. The number of amides is 1. The summed E-state index contributed by atoms with van der Waals surface area (Å²) >= 11 is 1.98. The number of fused-ring (bicyclic) bond motifs is 1. The van der Waals surface area contributed by atoms with Crippen molar-refractivity contribution in [3.05, 3.63) is 35.4 Å². The Labute approximate surface area is 113 Å². The van der Waals surface area contributed by atoms with E-state index in [1.807, 2.05) is 11.8 Å². The zero-order chi connectivity index (χ0) is 12.8. The maximum Gasteiger partial charge on any atom is 0.217 e. The number of carbonyl (C=O) groups excluding carboxylic acids is 1. The van der Waals surface area contributed by atoms with Crippen LogP contribution in [-0.4, -0.2) is 18.2 Å². The highest BCUT2D eigenvalue weighted by atomic mass is 32.2. The number of unbranched alkanes of at least 4 members (excludes halogenated alkanes) is 1. The summed E-state index contributed by atoms with van der Waals surface area (Å²) in [4.78, 5) is 10.6. The molecule has 0 radical (unpaired) electrons. The summed E-state index contributed by atoms with van der Waals surface area (Å²) in [7, 11) is 0. The first-order valence-electron chi connectivity index (χ1n) is 6.44. The van der Waals surface area contributed by atoms with E-state index in [4.69, 9.17) is 5.73 Å². The van der Waals surface area contributed by atoms with Crippen LogP contribution in [0.15, 0.2) is 24.3 Å². The Morgan fingerprint density at radius 2 is 2.22 bits per heavy atom. The number of thioether (sulfide) groups is 1. The van der Waals surface area contributed by atoms with Gasteiger partial charge < -0.3 is 11.1 Å². The van der Waals surface area contributed by atoms with Gasteiger partial charge in [0.15, 0.2) is 0 Å². The smallest absolute Gasteiger partial charge is 0.217 e. The lowest BCUT2D eigenvalue weighted by Crippen LogP contribution is -2.27. The monoisotopic (exact) mass is 264 g/mol. The highest BCUT2D eigenvalue weighted by Gasteiger charge is 2.18. The first-order chi connectivity index (χ1) is 8.77. The van der Waals surface area contributed by atoms with E-state index in [1.54, 1.807) is 0 Å². The predicted molar refractivity (Wildman–Crippen MR) is 76.4 cm³/mol. The Kier molecular flexibility index (Phi) is 5.08. The van der Waals surface area contributed by atoms with Crippen LogP contribution in [0.25, 0.3) is 0 Å². The van der Waals surface area contributed by atoms with Crippen LogP contribution in [0.1, 0.15) is 36.4 Å². The quantitative estimate of drug-likeness (QED) is 0.775. The van der Waals surface area contributed by atoms with Gasteiger partial charge in [-0.3, -0.25) is 4.79 Å². The first-order valence-corrected chi connectivity index (χ1v) is 7.60. The summed E-state index contributed by atoms with van der Waals surface area (Å²) in [6.07, 6.45) is 2.38. The minimum atomic E-state index is -0.200. The molecule has 1 amide bonds. The standard InChI is InChI=1S/C14H20N2OS/c15-14(17)7-3-4-8-16-13-10-18-9-11-5-1-2-6-12(11)13/h1-2,5-6,13,16H,3-4,7-10H2,(H2,15,17). The largest absolute Gasteiger partial charge is 0.370 e. The number of nitrogens with two attached hydrogens (primary N) is 1. The number of hydrogen-bond donors (Lipinski definition) is 2. The number of carbonyl (C=O) groups is 1. The van der Waals surface area contributed by atoms with Crippen LogP contribution >= 0.6 is 11.8 Å². The van der Waals surface area contributed by atoms with Gasteiger partial charge in [0, 0.05) is 24.0 Å². The molecule has 0 saturated heterocycles. The van der Waals surface area contributed by atoms with Crippen molar-refractivity contribution in [1.29, 1.82) is 0 Å². The summed E-state index contributed by atoms with van der Waals surface area (Å²) in [5.74, 6) is 2.05. The van der Waals surface area contributed by atoms with E-state index in [2.05, 4.69) is 29.6 Å². The topological polar surface area (TPSA) is 55.1 Å². The average molecular weight is 264 g/mol. The van der Waals surface area contributed by atoms with E-state index in [1.165, 1.54) is 11.1 Å². The lowest BCUT2D eigenvalue weighted by Gasteiger charge is -2.26. The van der Waals surface area contributed by atoms with Gasteiger partial charge in [0.25, 0.3) is 0 Å². The second-order valence-corrected chi connectivity index (χ2v) is 5.67. The summed E-state index contributed by atoms with van der Waals surface area (Å²) < 4.78 is 0.